The SMILES string of the molecule is Cn1ccnc1C(=O)N1C[C@@H](C(N)=O)[C@H](C2CCN(c3ccc(C#N)c(C(F)(F)F)c3)CC2)C1. The molecule has 3 heterocycles. The molecule has 0 saturated carbocycles. The summed E-state index contributed by atoms with van der Waals surface area (Å²) in [7, 11) is 1.72. The lowest BCUT2D eigenvalue weighted by molar-refractivity contribution is -0.137. The minimum absolute atomic E-state index is 0.105. The van der Waals surface area contributed by atoms with Crippen LogP contribution < -0.4 is 10.6 Å². The van der Waals surface area contributed by atoms with Crippen molar-refractivity contribution in [2.24, 2.45) is 30.5 Å². The molecule has 0 bridgehead atoms. The Balaban J connectivity index is 1.46. The Hall–Kier alpha value is -3.55. The van der Waals surface area contributed by atoms with E-state index in [4.69, 9.17) is 11.0 Å². The monoisotopic (exact) mass is 474 g/mol. The van der Waals surface area contributed by atoms with Crippen LogP contribution in [0.2, 0.25) is 0 Å². The molecule has 0 radical (unpaired) electrons. The highest BCUT2D eigenvalue weighted by Crippen LogP contribution is 2.39. The lowest BCUT2D eigenvalue weighted by Crippen LogP contribution is -2.40. The van der Waals surface area contributed by atoms with Crippen LogP contribution in [-0.4, -0.2) is 52.4 Å². The maximum Gasteiger partial charge on any atom is 0.417 e. The largest absolute Gasteiger partial charge is 0.417 e. The van der Waals surface area contributed by atoms with Gasteiger partial charge in [0.05, 0.1) is 23.1 Å². The average molecular weight is 474 g/mol. The predicted octanol–water partition coefficient (Wildman–Crippen LogP) is 2.40. The summed E-state index contributed by atoms with van der Waals surface area (Å²) in [6.07, 6.45) is -0.0908. The van der Waals surface area contributed by atoms with Crippen LogP contribution in [0.5, 0.6) is 0 Å². The number of benzene rings is 1. The number of hydrogen-bond acceptors (Lipinski definition) is 5. The topological polar surface area (TPSA) is 108 Å². The van der Waals surface area contributed by atoms with Gasteiger partial charge in [0.2, 0.25) is 5.91 Å². The fourth-order valence-corrected chi connectivity index (χ4v) is 5.13. The number of nitrogens with zero attached hydrogens (tertiary/aromatic N) is 5. The van der Waals surface area contributed by atoms with Gasteiger partial charge in [-0.05, 0) is 42.9 Å². The number of piperidine rings is 1. The van der Waals surface area contributed by atoms with E-state index in [2.05, 4.69) is 4.98 Å². The lowest BCUT2D eigenvalue weighted by atomic mass is 9.78. The average Bonchev–Trinajstić information content (AvgIpc) is 3.44. The molecule has 2 aliphatic rings. The summed E-state index contributed by atoms with van der Waals surface area (Å²) in [6, 6.07) is 5.35. The number of aryl methyl sites for hydroxylation is 1. The molecule has 2 atom stereocenters. The summed E-state index contributed by atoms with van der Waals surface area (Å²) < 4.78 is 41.7. The highest BCUT2D eigenvalue weighted by Gasteiger charge is 2.44. The molecule has 0 spiro atoms. The Morgan fingerprint density at radius 2 is 1.91 bits per heavy atom. The Kier molecular flexibility index (Phi) is 6.25. The third-order valence-corrected chi connectivity index (χ3v) is 6.97. The van der Waals surface area contributed by atoms with Crippen LogP contribution in [0.1, 0.15) is 34.6 Å². The molecule has 4 rings (SSSR count). The van der Waals surface area contributed by atoms with Gasteiger partial charge >= 0.3 is 6.18 Å². The van der Waals surface area contributed by atoms with Crippen molar-refractivity contribution in [2.45, 2.75) is 19.0 Å². The van der Waals surface area contributed by atoms with Crippen LogP contribution in [0, 0.1) is 29.1 Å². The molecular weight excluding hydrogens is 449 g/mol. The van der Waals surface area contributed by atoms with Crippen molar-refractivity contribution in [1.82, 2.24) is 14.5 Å². The number of amides is 2. The molecule has 2 aliphatic heterocycles. The Morgan fingerprint density at radius 3 is 2.47 bits per heavy atom. The van der Waals surface area contributed by atoms with E-state index < -0.39 is 29.1 Å². The summed E-state index contributed by atoms with van der Waals surface area (Å²) >= 11 is 0. The molecule has 2 amide bonds. The Labute approximate surface area is 194 Å². The lowest BCUT2D eigenvalue weighted by Gasteiger charge is -2.37. The Bertz CT molecular complexity index is 1130. The number of nitriles is 1. The van der Waals surface area contributed by atoms with E-state index in [0.29, 0.717) is 44.0 Å². The number of rotatable bonds is 4. The number of halogens is 3. The van der Waals surface area contributed by atoms with Crippen LogP contribution in [-0.2, 0) is 18.0 Å². The van der Waals surface area contributed by atoms with Crippen molar-refractivity contribution in [2.75, 3.05) is 31.1 Å². The summed E-state index contributed by atoms with van der Waals surface area (Å²) in [4.78, 5) is 32.6. The first-order valence-electron chi connectivity index (χ1n) is 11.0. The fraction of sp³-hybridized carbons (Fsp3) is 0.478. The summed E-state index contributed by atoms with van der Waals surface area (Å²) in [5.74, 6) is -0.906. The molecule has 0 unspecified atom stereocenters. The number of alkyl halides is 3. The standard InChI is InChI=1S/C23H25F3N6O2/c1-30-9-6-29-21(30)22(34)32-12-17(18(13-32)20(28)33)14-4-7-31(8-5-14)16-3-2-15(11-27)19(10-16)23(24,25)26/h2-3,6,9-10,14,17-18H,4-5,7-8,12-13H2,1H3,(H2,28,33)/t17-,18+/m0/s1. The first kappa shape index (κ1) is 23.6. The van der Waals surface area contributed by atoms with E-state index >= 15 is 0 Å². The second-order valence-corrected chi connectivity index (χ2v) is 8.91. The summed E-state index contributed by atoms with van der Waals surface area (Å²) in [5.41, 5.74) is 4.73. The van der Waals surface area contributed by atoms with Crippen molar-refractivity contribution in [3.63, 3.8) is 0 Å². The van der Waals surface area contributed by atoms with Gasteiger partial charge in [0.25, 0.3) is 5.91 Å². The molecular formula is C23H25F3N6O2. The van der Waals surface area contributed by atoms with Gasteiger partial charge in [0.15, 0.2) is 5.82 Å². The van der Waals surface area contributed by atoms with Gasteiger partial charge in [-0.2, -0.15) is 18.4 Å². The zero-order valence-electron chi connectivity index (χ0n) is 18.6. The van der Waals surface area contributed by atoms with Crippen LogP contribution in [0.4, 0.5) is 18.9 Å². The van der Waals surface area contributed by atoms with E-state index in [-0.39, 0.29) is 24.3 Å². The van der Waals surface area contributed by atoms with E-state index in [1.165, 1.54) is 18.3 Å². The number of imidazole rings is 1. The van der Waals surface area contributed by atoms with Crippen molar-refractivity contribution in [3.8, 4) is 6.07 Å². The predicted molar refractivity (Wildman–Crippen MR) is 116 cm³/mol. The molecule has 2 N–H and O–H groups in total. The van der Waals surface area contributed by atoms with Crippen LogP contribution >= 0.6 is 0 Å². The number of nitrogens with two attached hydrogens (primary N) is 1. The summed E-state index contributed by atoms with van der Waals surface area (Å²) in [6.45, 7) is 1.63. The zero-order valence-corrected chi connectivity index (χ0v) is 18.6. The minimum atomic E-state index is -4.61. The van der Waals surface area contributed by atoms with Gasteiger partial charge in [-0.1, -0.05) is 0 Å². The zero-order chi connectivity index (χ0) is 24.6. The number of aromatic nitrogens is 2. The molecule has 0 aliphatic carbocycles. The van der Waals surface area contributed by atoms with Crippen molar-refractivity contribution < 1.29 is 22.8 Å². The number of anilines is 1. The van der Waals surface area contributed by atoms with Crippen molar-refractivity contribution in [3.05, 3.63) is 47.5 Å². The van der Waals surface area contributed by atoms with Gasteiger partial charge in [-0.25, -0.2) is 4.98 Å². The molecule has 2 aromatic rings. The second-order valence-electron chi connectivity index (χ2n) is 8.91. The smallest absolute Gasteiger partial charge is 0.372 e. The van der Waals surface area contributed by atoms with Crippen LogP contribution in [0.3, 0.4) is 0 Å². The fourth-order valence-electron chi connectivity index (χ4n) is 5.13. The molecule has 180 valence electrons. The first-order valence-corrected chi connectivity index (χ1v) is 11.0. The highest BCUT2D eigenvalue weighted by molar-refractivity contribution is 5.92. The van der Waals surface area contributed by atoms with Gasteiger partial charge < -0.3 is 20.1 Å². The van der Waals surface area contributed by atoms with Crippen molar-refractivity contribution >= 4 is 17.5 Å². The number of carbonyl (C=O) groups excluding carboxylic acids is 2. The molecule has 1 aromatic heterocycles. The third kappa shape index (κ3) is 4.44. The quantitative estimate of drug-likeness (QED) is 0.732. The normalized spacial score (nSPS) is 21.5. The molecule has 8 nitrogen and oxygen atoms in total. The van der Waals surface area contributed by atoms with Gasteiger partial charge in [-0.3, -0.25) is 9.59 Å². The third-order valence-electron chi connectivity index (χ3n) is 6.97. The molecule has 2 fully saturated rings. The van der Waals surface area contributed by atoms with Crippen LogP contribution in [0.15, 0.2) is 30.6 Å². The first-order chi connectivity index (χ1) is 16.1. The number of likely N-dealkylation sites (tertiary alicyclic amines) is 1. The van der Waals surface area contributed by atoms with E-state index in [1.807, 2.05) is 4.90 Å². The van der Waals surface area contributed by atoms with E-state index in [1.54, 1.807) is 28.8 Å². The van der Waals surface area contributed by atoms with Gasteiger partial charge in [-0.15, -0.1) is 0 Å². The molecule has 2 saturated heterocycles. The molecule has 34 heavy (non-hydrogen) atoms. The summed E-state index contributed by atoms with van der Waals surface area (Å²) in [5, 5.41) is 9.01. The van der Waals surface area contributed by atoms with E-state index in [9.17, 15) is 22.8 Å². The number of primary amides is 1. The van der Waals surface area contributed by atoms with Crippen molar-refractivity contribution in [1.29, 1.82) is 5.26 Å². The number of hydrogen-bond donors (Lipinski definition) is 1. The maximum absolute atomic E-state index is 13.3. The van der Waals surface area contributed by atoms with Gasteiger partial charge in [0, 0.05) is 51.3 Å². The number of carbonyl (C=O) groups is 2. The maximum atomic E-state index is 13.3. The van der Waals surface area contributed by atoms with E-state index in [0.717, 1.165) is 6.07 Å². The Morgan fingerprint density at radius 1 is 1.21 bits per heavy atom. The highest BCUT2D eigenvalue weighted by atomic mass is 19.4. The second kappa shape index (κ2) is 9.00. The van der Waals surface area contributed by atoms with Gasteiger partial charge in [0.1, 0.15) is 0 Å². The molecule has 11 heteroatoms. The molecule has 1 aromatic carbocycles. The minimum Gasteiger partial charge on any atom is -0.372 e. The van der Waals surface area contributed by atoms with Crippen LogP contribution in [0.25, 0.3) is 0 Å².